The van der Waals surface area contributed by atoms with Crippen LogP contribution in [-0.2, 0) is 6.61 Å². The minimum atomic E-state index is 0.233. The van der Waals surface area contributed by atoms with Crippen molar-refractivity contribution < 1.29 is 4.74 Å². The number of ether oxygens (including phenoxy) is 1. The van der Waals surface area contributed by atoms with Crippen LogP contribution in [0.1, 0.15) is 11.4 Å². The van der Waals surface area contributed by atoms with Gasteiger partial charge in [-0.1, -0.05) is 17.7 Å². The molecule has 0 bridgehead atoms. The van der Waals surface area contributed by atoms with Crippen molar-refractivity contribution in [2.24, 2.45) is 0 Å². The summed E-state index contributed by atoms with van der Waals surface area (Å²) >= 11 is 0. The fourth-order valence-corrected chi connectivity index (χ4v) is 2.42. The number of benzene rings is 1. The number of nitrogens with two attached hydrogens (primary N) is 1. The highest BCUT2D eigenvalue weighted by molar-refractivity contribution is 5.35. The number of rotatable bonds is 4. The van der Waals surface area contributed by atoms with Gasteiger partial charge in [0.05, 0.1) is 0 Å². The van der Waals surface area contributed by atoms with E-state index in [1.54, 1.807) is 0 Å². The lowest BCUT2D eigenvalue weighted by atomic mass is 10.2. The summed E-state index contributed by atoms with van der Waals surface area (Å²) in [4.78, 5) is 17.3. The molecule has 23 heavy (non-hydrogen) atoms. The average molecular weight is 314 g/mol. The predicted molar refractivity (Wildman–Crippen MR) is 89.5 cm³/mol. The van der Waals surface area contributed by atoms with Crippen LogP contribution in [0.25, 0.3) is 0 Å². The van der Waals surface area contributed by atoms with Crippen LogP contribution in [0, 0.1) is 6.92 Å². The van der Waals surface area contributed by atoms with E-state index in [1.165, 1.54) is 5.56 Å². The van der Waals surface area contributed by atoms with E-state index in [0.29, 0.717) is 11.8 Å². The van der Waals surface area contributed by atoms with Crippen LogP contribution in [0.2, 0.25) is 0 Å². The van der Waals surface area contributed by atoms with E-state index in [0.717, 1.165) is 31.9 Å². The average Bonchev–Trinajstić information content (AvgIpc) is 2.54. The van der Waals surface area contributed by atoms with Crippen molar-refractivity contribution in [3.8, 4) is 5.75 Å². The van der Waals surface area contributed by atoms with E-state index in [1.807, 2.05) is 31.2 Å². The van der Waals surface area contributed by atoms with E-state index in [-0.39, 0.29) is 12.6 Å². The molecule has 2 heterocycles. The molecule has 0 unspecified atom stereocenters. The molecule has 1 aliphatic rings. The molecule has 1 fully saturated rings. The molecular formula is C16H22N6O. The number of hydrogen-bond acceptors (Lipinski definition) is 7. The Bertz CT molecular complexity index is 652. The predicted octanol–water partition coefficient (Wildman–Crippen LogP) is 1.09. The normalized spacial score (nSPS) is 15.7. The van der Waals surface area contributed by atoms with Gasteiger partial charge in [-0.05, 0) is 26.1 Å². The first-order chi connectivity index (χ1) is 11.1. The third kappa shape index (κ3) is 4.07. The molecule has 0 radical (unpaired) electrons. The third-order valence-electron chi connectivity index (χ3n) is 3.86. The van der Waals surface area contributed by atoms with Gasteiger partial charge in [-0.15, -0.1) is 0 Å². The van der Waals surface area contributed by atoms with Gasteiger partial charge >= 0.3 is 0 Å². The van der Waals surface area contributed by atoms with Crippen LogP contribution in [0.15, 0.2) is 24.3 Å². The molecule has 1 aromatic heterocycles. The monoisotopic (exact) mass is 314 g/mol. The molecule has 1 aromatic carbocycles. The molecule has 0 aliphatic carbocycles. The molecular weight excluding hydrogens is 292 g/mol. The Kier molecular flexibility index (Phi) is 4.57. The Morgan fingerprint density at radius 2 is 1.74 bits per heavy atom. The SMILES string of the molecule is Cc1ccc(OCc2nc(N)nc(N3CCN(C)CC3)n2)cc1. The molecule has 0 saturated carbocycles. The van der Waals surface area contributed by atoms with Gasteiger partial charge in [0.2, 0.25) is 11.9 Å². The molecule has 122 valence electrons. The second-order valence-electron chi connectivity index (χ2n) is 5.80. The van der Waals surface area contributed by atoms with Crippen molar-refractivity contribution in [3.05, 3.63) is 35.7 Å². The number of likely N-dealkylation sites (N-methyl/N-ethyl adjacent to an activating group) is 1. The number of piperazine rings is 1. The summed E-state index contributed by atoms with van der Waals surface area (Å²) in [7, 11) is 2.11. The molecule has 0 amide bonds. The first kappa shape index (κ1) is 15.5. The quantitative estimate of drug-likeness (QED) is 0.905. The standard InChI is InChI=1S/C16H22N6O/c1-12-3-5-13(6-4-12)23-11-14-18-15(17)20-16(19-14)22-9-7-21(2)8-10-22/h3-6H,7-11H2,1-2H3,(H2,17,18,19,20). The van der Waals surface area contributed by atoms with Crippen LogP contribution in [0.4, 0.5) is 11.9 Å². The maximum Gasteiger partial charge on any atom is 0.230 e. The van der Waals surface area contributed by atoms with Gasteiger partial charge in [0.25, 0.3) is 0 Å². The number of nitrogen functional groups attached to an aromatic ring is 1. The topological polar surface area (TPSA) is 80.4 Å². The molecule has 0 atom stereocenters. The number of aryl methyl sites for hydroxylation is 1. The van der Waals surface area contributed by atoms with Crippen molar-refractivity contribution in [3.63, 3.8) is 0 Å². The molecule has 3 rings (SSSR count). The van der Waals surface area contributed by atoms with Crippen molar-refractivity contribution >= 4 is 11.9 Å². The van der Waals surface area contributed by atoms with E-state index in [2.05, 4.69) is 31.8 Å². The highest BCUT2D eigenvalue weighted by Crippen LogP contribution is 2.15. The summed E-state index contributed by atoms with van der Waals surface area (Å²) in [5, 5.41) is 0. The molecule has 1 saturated heterocycles. The Labute approximate surface area is 136 Å². The summed E-state index contributed by atoms with van der Waals surface area (Å²) in [6.07, 6.45) is 0. The van der Waals surface area contributed by atoms with E-state index >= 15 is 0 Å². The lowest BCUT2D eigenvalue weighted by molar-refractivity contribution is 0.294. The summed E-state index contributed by atoms with van der Waals surface area (Å²) in [6.45, 7) is 6.06. The van der Waals surface area contributed by atoms with E-state index < -0.39 is 0 Å². The highest BCUT2D eigenvalue weighted by Gasteiger charge is 2.18. The van der Waals surface area contributed by atoms with Gasteiger partial charge in [0.1, 0.15) is 12.4 Å². The molecule has 1 aliphatic heterocycles. The van der Waals surface area contributed by atoms with Gasteiger partial charge < -0.3 is 20.3 Å². The minimum Gasteiger partial charge on any atom is -0.486 e. The maximum absolute atomic E-state index is 5.83. The fraction of sp³-hybridized carbons (Fsp3) is 0.438. The maximum atomic E-state index is 5.83. The Morgan fingerprint density at radius 3 is 2.43 bits per heavy atom. The lowest BCUT2D eigenvalue weighted by Crippen LogP contribution is -2.45. The van der Waals surface area contributed by atoms with Crippen LogP contribution < -0.4 is 15.4 Å². The summed E-state index contributed by atoms with van der Waals surface area (Å²) < 4.78 is 5.73. The van der Waals surface area contributed by atoms with Crippen molar-refractivity contribution in [2.75, 3.05) is 43.9 Å². The zero-order chi connectivity index (χ0) is 16.2. The van der Waals surface area contributed by atoms with Crippen molar-refractivity contribution in [2.45, 2.75) is 13.5 Å². The first-order valence-electron chi connectivity index (χ1n) is 7.73. The number of nitrogens with zero attached hydrogens (tertiary/aromatic N) is 5. The van der Waals surface area contributed by atoms with Crippen molar-refractivity contribution in [1.29, 1.82) is 0 Å². The van der Waals surface area contributed by atoms with Crippen molar-refractivity contribution in [1.82, 2.24) is 19.9 Å². The lowest BCUT2D eigenvalue weighted by Gasteiger charge is -2.32. The largest absolute Gasteiger partial charge is 0.486 e. The minimum absolute atomic E-state index is 0.233. The van der Waals surface area contributed by atoms with Gasteiger partial charge in [-0.3, -0.25) is 0 Å². The summed E-state index contributed by atoms with van der Waals surface area (Å²) in [5.41, 5.74) is 7.02. The van der Waals surface area contributed by atoms with E-state index in [9.17, 15) is 0 Å². The molecule has 2 N–H and O–H groups in total. The van der Waals surface area contributed by atoms with Gasteiger partial charge in [-0.2, -0.15) is 15.0 Å². The van der Waals surface area contributed by atoms with Gasteiger partial charge in [0, 0.05) is 26.2 Å². The smallest absolute Gasteiger partial charge is 0.230 e. The number of anilines is 2. The molecule has 2 aromatic rings. The van der Waals surface area contributed by atoms with Crippen LogP contribution in [-0.4, -0.2) is 53.1 Å². The Morgan fingerprint density at radius 1 is 1.04 bits per heavy atom. The van der Waals surface area contributed by atoms with Crippen LogP contribution >= 0.6 is 0 Å². The Hall–Kier alpha value is -2.41. The van der Waals surface area contributed by atoms with Crippen LogP contribution in [0.5, 0.6) is 5.75 Å². The highest BCUT2D eigenvalue weighted by atomic mass is 16.5. The molecule has 7 nitrogen and oxygen atoms in total. The third-order valence-corrected chi connectivity index (χ3v) is 3.86. The number of hydrogen-bond donors (Lipinski definition) is 1. The zero-order valence-corrected chi connectivity index (χ0v) is 13.6. The number of aromatic nitrogens is 3. The van der Waals surface area contributed by atoms with Gasteiger partial charge in [0.15, 0.2) is 5.82 Å². The fourth-order valence-electron chi connectivity index (χ4n) is 2.42. The molecule has 7 heteroatoms. The first-order valence-corrected chi connectivity index (χ1v) is 7.73. The zero-order valence-electron chi connectivity index (χ0n) is 13.6. The molecule has 0 spiro atoms. The van der Waals surface area contributed by atoms with E-state index in [4.69, 9.17) is 10.5 Å². The second kappa shape index (κ2) is 6.78. The summed E-state index contributed by atoms with van der Waals surface area (Å²) in [6, 6.07) is 7.88. The Balaban J connectivity index is 1.68. The summed E-state index contributed by atoms with van der Waals surface area (Å²) in [5.74, 6) is 2.20. The van der Waals surface area contributed by atoms with Crippen LogP contribution in [0.3, 0.4) is 0 Å². The second-order valence-corrected chi connectivity index (χ2v) is 5.80. The van der Waals surface area contributed by atoms with Gasteiger partial charge in [-0.25, -0.2) is 0 Å².